The highest BCUT2D eigenvalue weighted by Crippen LogP contribution is 2.30. The van der Waals surface area contributed by atoms with Crippen LogP contribution < -0.4 is 10.1 Å². The molecule has 0 aliphatic carbocycles. The maximum atomic E-state index is 12.5. The minimum Gasteiger partial charge on any atom is -0.481 e. The highest BCUT2D eigenvalue weighted by atomic mass is 32.1. The topological polar surface area (TPSA) is 73.3 Å². The number of ether oxygens (including phenoxy) is 2. The first-order valence-electron chi connectivity index (χ1n) is 7.57. The predicted octanol–water partition coefficient (Wildman–Crippen LogP) is 2.37. The lowest BCUT2D eigenvalue weighted by Gasteiger charge is -2.20. The average molecular weight is 333 g/mol. The molecule has 1 aliphatic heterocycles. The predicted molar refractivity (Wildman–Crippen MR) is 86.8 cm³/mol. The van der Waals surface area contributed by atoms with Crippen LogP contribution >= 0.6 is 11.3 Å². The van der Waals surface area contributed by atoms with Crippen LogP contribution in [0.25, 0.3) is 0 Å². The SMILES string of the molecule is CCc1ncsc1C(=O)N[C@H]1CCO[C@@H]1c1ccc(OC)nc1. The van der Waals surface area contributed by atoms with Crippen molar-refractivity contribution < 1.29 is 14.3 Å². The normalized spacial score (nSPS) is 20.4. The monoisotopic (exact) mass is 333 g/mol. The smallest absolute Gasteiger partial charge is 0.263 e. The van der Waals surface area contributed by atoms with Gasteiger partial charge in [-0.15, -0.1) is 11.3 Å². The van der Waals surface area contributed by atoms with Gasteiger partial charge in [-0.1, -0.05) is 6.92 Å². The number of aryl methyl sites for hydroxylation is 1. The van der Waals surface area contributed by atoms with E-state index in [4.69, 9.17) is 9.47 Å². The van der Waals surface area contributed by atoms with Gasteiger partial charge in [0.1, 0.15) is 11.0 Å². The lowest BCUT2D eigenvalue weighted by Crippen LogP contribution is -2.36. The zero-order chi connectivity index (χ0) is 16.2. The molecule has 1 N–H and O–H groups in total. The van der Waals surface area contributed by atoms with Gasteiger partial charge in [0.15, 0.2) is 0 Å². The molecule has 7 heteroatoms. The molecule has 0 unspecified atom stereocenters. The molecule has 0 saturated carbocycles. The van der Waals surface area contributed by atoms with Crippen molar-refractivity contribution in [1.82, 2.24) is 15.3 Å². The molecular weight excluding hydrogens is 314 g/mol. The molecule has 2 aromatic heterocycles. The third-order valence-electron chi connectivity index (χ3n) is 3.89. The van der Waals surface area contributed by atoms with Crippen molar-refractivity contribution in [2.45, 2.75) is 31.9 Å². The number of methoxy groups -OCH3 is 1. The van der Waals surface area contributed by atoms with Crippen molar-refractivity contribution in [3.8, 4) is 5.88 Å². The molecule has 1 fully saturated rings. The number of carbonyl (C=O) groups is 1. The summed E-state index contributed by atoms with van der Waals surface area (Å²) in [4.78, 5) is 21.6. The van der Waals surface area contributed by atoms with Crippen molar-refractivity contribution in [1.29, 1.82) is 0 Å². The van der Waals surface area contributed by atoms with Crippen LogP contribution in [-0.4, -0.2) is 35.6 Å². The third-order valence-corrected chi connectivity index (χ3v) is 4.75. The van der Waals surface area contributed by atoms with Crippen LogP contribution in [0.4, 0.5) is 0 Å². The first-order valence-corrected chi connectivity index (χ1v) is 8.45. The van der Waals surface area contributed by atoms with Gasteiger partial charge >= 0.3 is 0 Å². The number of amides is 1. The molecule has 122 valence electrons. The van der Waals surface area contributed by atoms with E-state index in [1.54, 1.807) is 24.9 Å². The van der Waals surface area contributed by atoms with E-state index in [0.717, 1.165) is 24.1 Å². The van der Waals surface area contributed by atoms with E-state index in [9.17, 15) is 4.79 Å². The van der Waals surface area contributed by atoms with Gasteiger partial charge in [0.25, 0.3) is 5.91 Å². The van der Waals surface area contributed by atoms with E-state index < -0.39 is 0 Å². The third kappa shape index (κ3) is 3.35. The van der Waals surface area contributed by atoms with Crippen molar-refractivity contribution in [3.63, 3.8) is 0 Å². The van der Waals surface area contributed by atoms with Crippen LogP contribution in [0.2, 0.25) is 0 Å². The summed E-state index contributed by atoms with van der Waals surface area (Å²) >= 11 is 1.37. The second-order valence-corrected chi connectivity index (χ2v) is 6.13. The fourth-order valence-electron chi connectivity index (χ4n) is 2.69. The highest BCUT2D eigenvalue weighted by molar-refractivity contribution is 7.11. The maximum Gasteiger partial charge on any atom is 0.263 e. The zero-order valence-electron chi connectivity index (χ0n) is 13.1. The summed E-state index contributed by atoms with van der Waals surface area (Å²) in [5.74, 6) is 0.482. The molecule has 2 atom stereocenters. The van der Waals surface area contributed by atoms with E-state index in [1.807, 2.05) is 13.0 Å². The van der Waals surface area contributed by atoms with Gasteiger partial charge in [0.2, 0.25) is 5.88 Å². The number of hydrogen-bond donors (Lipinski definition) is 1. The molecule has 1 aliphatic rings. The van der Waals surface area contributed by atoms with E-state index in [0.29, 0.717) is 17.4 Å². The molecule has 0 spiro atoms. The Kier molecular flexibility index (Phi) is 4.88. The number of carbonyl (C=O) groups excluding carboxylic acids is 1. The number of aromatic nitrogens is 2. The average Bonchev–Trinajstić information content (AvgIpc) is 3.23. The van der Waals surface area contributed by atoms with E-state index in [-0.39, 0.29) is 18.1 Å². The number of hydrogen-bond acceptors (Lipinski definition) is 6. The number of pyridine rings is 1. The number of thiazole rings is 1. The fourth-order valence-corrected chi connectivity index (χ4v) is 3.47. The summed E-state index contributed by atoms with van der Waals surface area (Å²) in [6, 6.07) is 3.66. The Morgan fingerprint density at radius 1 is 1.48 bits per heavy atom. The molecule has 0 bridgehead atoms. The summed E-state index contributed by atoms with van der Waals surface area (Å²) < 4.78 is 10.9. The summed E-state index contributed by atoms with van der Waals surface area (Å²) in [6.45, 7) is 2.61. The van der Waals surface area contributed by atoms with Crippen molar-refractivity contribution in [2.75, 3.05) is 13.7 Å². The van der Waals surface area contributed by atoms with Crippen molar-refractivity contribution in [3.05, 3.63) is 40.0 Å². The van der Waals surface area contributed by atoms with Gasteiger partial charge in [0.05, 0.1) is 24.4 Å². The minimum atomic E-state index is -0.185. The van der Waals surface area contributed by atoms with Gasteiger partial charge in [-0.25, -0.2) is 9.97 Å². The Labute approximate surface area is 138 Å². The Hall–Kier alpha value is -1.99. The highest BCUT2D eigenvalue weighted by Gasteiger charge is 2.32. The second-order valence-electron chi connectivity index (χ2n) is 5.28. The van der Waals surface area contributed by atoms with Crippen LogP contribution in [0.3, 0.4) is 0 Å². The molecule has 3 heterocycles. The van der Waals surface area contributed by atoms with Crippen molar-refractivity contribution in [2.24, 2.45) is 0 Å². The lowest BCUT2D eigenvalue weighted by atomic mass is 10.0. The fraction of sp³-hybridized carbons (Fsp3) is 0.438. The van der Waals surface area contributed by atoms with Crippen LogP contribution in [0, 0.1) is 0 Å². The lowest BCUT2D eigenvalue weighted by molar-refractivity contribution is 0.0822. The summed E-state index contributed by atoms with van der Waals surface area (Å²) in [6.07, 6.45) is 3.08. The van der Waals surface area contributed by atoms with Crippen molar-refractivity contribution >= 4 is 17.2 Å². The van der Waals surface area contributed by atoms with Gasteiger partial charge < -0.3 is 14.8 Å². The first-order chi connectivity index (χ1) is 11.2. The molecule has 1 saturated heterocycles. The Bertz CT molecular complexity index is 671. The van der Waals surface area contributed by atoms with E-state index in [2.05, 4.69) is 15.3 Å². The summed E-state index contributed by atoms with van der Waals surface area (Å²) in [7, 11) is 1.58. The van der Waals surface area contributed by atoms with Crippen LogP contribution in [0.15, 0.2) is 23.8 Å². The summed E-state index contributed by atoms with van der Waals surface area (Å²) in [5, 5.41) is 3.08. The van der Waals surface area contributed by atoms with E-state index >= 15 is 0 Å². The largest absolute Gasteiger partial charge is 0.481 e. The van der Waals surface area contributed by atoms with Gasteiger partial charge in [-0.2, -0.15) is 0 Å². The van der Waals surface area contributed by atoms with Gasteiger partial charge in [0, 0.05) is 24.4 Å². The molecule has 1 amide bonds. The Balaban J connectivity index is 1.72. The first kappa shape index (κ1) is 15.9. The number of nitrogens with zero attached hydrogens (tertiary/aromatic N) is 2. The molecule has 3 rings (SSSR count). The molecule has 23 heavy (non-hydrogen) atoms. The molecule has 0 aromatic carbocycles. The van der Waals surface area contributed by atoms with Gasteiger partial charge in [-0.05, 0) is 18.9 Å². The molecule has 0 radical (unpaired) electrons. The Morgan fingerprint density at radius 3 is 3.04 bits per heavy atom. The maximum absolute atomic E-state index is 12.5. The standard InChI is InChI=1S/C16H19N3O3S/c1-3-11-15(23-9-18-11)16(20)19-12-6-7-22-14(12)10-4-5-13(21-2)17-8-10/h4-5,8-9,12,14H,3,6-7H2,1-2H3,(H,19,20)/t12-,14+/m0/s1. The number of rotatable bonds is 5. The van der Waals surface area contributed by atoms with E-state index in [1.165, 1.54) is 11.3 Å². The molecule has 2 aromatic rings. The zero-order valence-corrected chi connectivity index (χ0v) is 13.9. The second kappa shape index (κ2) is 7.06. The Morgan fingerprint density at radius 2 is 2.35 bits per heavy atom. The number of nitrogens with one attached hydrogen (secondary N) is 1. The molecule has 6 nitrogen and oxygen atoms in total. The van der Waals surface area contributed by atoms with Gasteiger partial charge in [-0.3, -0.25) is 4.79 Å². The summed E-state index contributed by atoms with van der Waals surface area (Å²) in [5.41, 5.74) is 3.49. The van der Waals surface area contributed by atoms with Crippen LogP contribution in [0.5, 0.6) is 5.88 Å². The van der Waals surface area contributed by atoms with Crippen LogP contribution in [0.1, 0.15) is 40.4 Å². The quantitative estimate of drug-likeness (QED) is 0.909. The minimum absolute atomic E-state index is 0.0653. The van der Waals surface area contributed by atoms with Crippen LogP contribution in [-0.2, 0) is 11.2 Å². The molecular formula is C16H19N3O3S.